The van der Waals surface area contributed by atoms with Crippen LogP contribution in [0, 0.1) is 0 Å². The van der Waals surface area contributed by atoms with Gasteiger partial charge in [0, 0.05) is 13.5 Å². The maximum absolute atomic E-state index is 10.5. The molecule has 0 aliphatic heterocycles. The molecular weight excluding hydrogens is 200 g/mol. The van der Waals surface area contributed by atoms with Crippen molar-refractivity contribution in [2.75, 3.05) is 7.11 Å². The van der Waals surface area contributed by atoms with Crippen molar-refractivity contribution in [3.05, 3.63) is 5.82 Å². The van der Waals surface area contributed by atoms with Gasteiger partial charge in [-0.25, -0.2) is 4.68 Å². The van der Waals surface area contributed by atoms with Gasteiger partial charge in [0.05, 0.1) is 19.1 Å². The van der Waals surface area contributed by atoms with Crippen LogP contribution in [0.3, 0.4) is 0 Å². The second-order valence-corrected chi connectivity index (χ2v) is 3.09. The highest BCUT2D eigenvalue weighted by atomic mass is 16.5. The van der Waals surface area contributed by atoms with Gasteiger partial charge in [-0.05, 0) is 10.4 Å². The maximum Gasteiger partial charge on any atom is 0.306 e. The fourth-order valence-electron chi connectivity index (χ4n) is 1.23. The van der Waals surface area contributed by atoms with Crippen molar-refractivity contribution in [2.45, 2.75) is 32.4 Å². The number of aryl methyl sites for hydroxylation is 1. The van der Waals surface area contributed by atoms with Gasteiger partial charge in [0.1, 0.15) is 0 Å². The van der Waals surface area contributed by atoms with Gasteiger partial charge >= 0.3 is 5.97 Å². The Morgan fingerprint density at radius 1 is 1.67 bits per heavy atom. The van der Waals surface area contributed by atoms with Crippen LogP contribution in [0.15, 0.2) is 0 Å². The van der Waals surface area contributed by atoms with Gasteiger partial charge in [-0.3, -0.25) is 4.79 Å². The van der Waals surface area contributed by atoms with Crippen molar-refractivity contribution in [3.63, 3.8) is 0 Å². The molecule has 0 radical (unpaired) electrons. The van der Waals surface area contributed by atoms with Gasteiger partial charge in [0.25, 0.3) is 0 Å². The molecular formula is C8H14N4O3. The molecule has 1 unspecified atom stereocenters. The molecule has 0 saturated heterocycles. The van der Waals surface area contributed by atoms with Crippen LogP contribution in [0.25, 0.3) is 0 Å². The quantitative estimate of drug-likeness (QED) is 0.700. The first-order valence-corrected chi connectivity index (χ1v) is 4.67. The fraction of sp³-hybridized carbons (Fsp3) is 0.750. The van der Waals surface area contributed by atoms with Crippen molar-refractivity contribution in [1.29, 1.82) is 0 Å². The topological polar surface area (TPSA) is 90.1 Å². The Morgan fingerprint density at radius 3 is 2.93 bits per heavy atom. The van der Waals surface area contributed by atoms with E-state index in [-0.39, 0.29) is 6.42 Å². The lowest BCUT2D eigenvalue weighted by Gasteiger charge is -2.12. The second kappa shape index (κ2) is 5.40. The number of ether oxygens (including phenoxy) is 1. The van der Waals surface area contributed by atoms with Gasteiger partial charge in [-0.15, -0.1) is 5.10 Å². The van der Waals surface area contributed by atoms with Crippen LogP contribution in [0.5, 0.6) is 0 Å². The number of nitrogens with zero attached hydrogens (tertiary/aromatic N) is 4. The lowest BCUT2D eigenvalue weighted by Crippen LogP contribution is -2.24. The predicted octanol–water partition coefficient (Wildman–Crippen LogP) is -0.275. The molecule has 1 N–H and O–H groups in total. The van der Waals surface area contributed by atoms with Crippen LogP contribution in [0.2, 0.25) is 0 Å². The first-order chi connectivity index (χ1) is 7.17. The fourth-order valence-corrected chi connectivity index (χ4v) is 1.23. The molecule has 84 valence electrons. The Kier molecular flexibility index (Phi) is 4.17. The third-order valence-corrected chi connectivity index (χ3v) is 2.03. The molecule has 0 amide bonds. The molecule has 0 fully saturated rings. The first kappa shape index (κ1) is 11.6. The normalized spacial score (nSPS) is 12.7. The van der Waals surface area contributed by atoms with Gasteiger partial charge < -0.3 is 9.84 Å². The van der Waals surface area contributed by atoms with Crippen LogP contribution < -0.4 is 0 Å². The van der Waals surface area contributed by atoms with Crippen LogP contribution in [-0.4, -0.2) is 44.5 Å². The van der Waals surface area contributed by atoms with E-state index in [2.05, 4.69) is 15.5 Å². The van der Waals surface area contributed by atoms with E-state index in [0.29, 0.717) is 13.0 Å². The third-order valence-electron chi connectivity index (χ3n) is 2.03. The molecule has 1 atom stereocenters. The molecule has 1 aromatic heterocycles. The summed E-state index contributed by atoms with van der Waals surface area (Å²) in [6.07, 6.45) is 0.243. The van der Waals surface area contributed by atoms with Crippen molar-refractivity contribution >= 4 is 5.97 Å². The molecule has 0 aromatic carbocycles. The zero-order valence-corrected chi connectivity index (χ0v) is 8.75. The predicted molar refractivity (Wildman–Crippen MR) is 50.2 cm³/mol. The van der Waals surface area contributed by atoms with Crippen molar-refractivity contribution < 1.29 is 14.6 Å². The van der Waals surface area contributed by atoms with E-state index in [1.54, 1.807) is 4.68 Å². The minimum atomic E-state index is -0.895. The molecule has 0 spiro atoms. The molecule has 0 aliphatic rings. The molecule has 0 saturated carbocycles. The van der Waals surface area contributed by atoms with Crippen molar-refractivity contribution in [3.8, 4) is 0 Å². The monoisotopic (exact) mass is 214 g/mol. The number of rotatable bonds is 6. The zero-order chi connectivity index (χ0) is 11.3. The minimum Gasteiger partial charge on any atom is -0.481 e. The molecule has 1 aromatic rings. The summed E-state index contributed by atoms with van der Waals surface area (Å²) in [4.78, 5) is 10.5. The summed E-state index contributed by atoms with van der Waals surface area (Å²) < 4.78 is 6.60. The van der Waals surface area contributed by atoms with E-state index in [4.69, 9.17) is 9.84 Å². The standard InChI is InChI=1S/C8H14N4O3/c1-3-7-9-10-11-12(7)5-6(15-2)4-8(13)14/h6H,3-5H2,1-2H3,(H,13,14). The van der Waals surface area contributed by atoms with E-state index < -0.39 is 12.1 Å². The molecule has 7 nitrogen and oxygen atoms in total. The Bertz CT molecular complexity index is 325. The highest BCUT2D eigenvalue weighted by Gasteiger charge is 2.15. The summed E-state index contributed by atoms with van der Waals surface area (Å²) >= 11 is 0. The van der Waals surface area contributed by atoms with Crippen LogP contribution >= 0.6 is 0 Å². The Labute approximate surface area is 87.0 Å². The highest BCUT2D eigenvalue weighted by molar-refractivity contribution is 5.67. The summed E-state index contributed by atoms with van der Waals surface area (Å²) in [6.45, 7) is 2.29. The molecule has 0 bridgehead atoms. The Hall–Kier alpha value is -1.50. The lowest BCUT2D eigenvalue weighted by atomic mass is 10.2. The van der Waals surface area contributed by atoms with E-state index in [0.717, 1.165) is 5.82 Å². The summed E-state index contributed by atoms with van der Waals surface area (Å²) in [7, 11) is 1.48. The van der Waals surface area contributed by atoms with Crippen LogP contribution in [-0.2, 0) is 22.5 Å². The number of tetrazole rings is 1. The van der Waals surface area contributed by atoms with E-state index in [1.165, 1.54) is 7.11 Å². The number of carboxylic acid groups (broad SMARTS) is 1. The second-order valence-electron chi connectivity index (χ2n) is 3.09. The largest absolute Gasteiger partial charge is 0.481 e. The summed E-state index contributed by atoms with van der Waals surface area (Å²) in [5.74, 6) is -0.171. The number of carboxylic acids is 1. The number of carbonyl (C=O) groups is 1. The highest BCUT2D eigenvalue weighted by Crippen LogP contribution is 2.03. The smallest absolute Gasteiger partial charge is 0.306 e. The number of methoxy groups -OCH3 is 1. The first-order valence-electron chi connectivity index (χ1n) is 4.67. The van der Waals surface area contributed by atoms with Gasteiger partial charge in [-0.1, -0.05) is 6.92 Å². The maximum atomic E-state index is 10.5. The molecule has 15 heavy (non-hydrogen) atoms. The Balaban J connectivity index is 2.62. The lowest BCUT2D eigenvalue weighted by molar-refractivity contribution is -0.140. The van der Waals surface area contributed by atoms with Crippen LogP contribution in [0.4, 0.5) is 0 Å². The van der Waals surface area contributed by atoms with Crippen LogP contribution in [0.1, 0.15) is 19.2 Å². The van der Waals surface area contributed by atoms with Crippen molar-refractivity contribution in [2.24, 2.45) is 0 Å². The van der Waals surface area contributed by atoms with Crippen molar-refractivity contribution in [1.82, 2.24) is 20.2 Å². The zero-order valence-electron chi connectivity index (χ0n) is 8.75. The number of hydrogen-bond acceptors (Lipinski definition) is 5. The number of aliphatic carboxylic acids is 1. The third kappa shape index (κ3) is 3.28. The average molecular weight is 214 g/mol. The van der Waals surface area contributed by atoms with E-state index >= 15 is 0 Å². The van der Waals surface area contributed by atoms with Gasteiger partial charge in [0.2, 0.25) is 0 Å². The van der Waals surface area contributed by atoms with Gasteiger partial charge in [-0.2, -0.15) is 0 Å². The van der Waals surface area contributed by atoms with Gasteiger partial charge in [0.15, 0.2) is 5.82 Å². The molecule has 0 aliphatic carbocycles. The molecule has 1 heterocycles. The summed E-state index contributed by atoms with van der Waals surface area (Å²) in [6, 6.07) is 0. The summed E-state index contributed by atoms with van der Waals surface area (Å²) in [5, 5.41) is 19.7. The van der Waals surface area contributed by atoms with E-state index in [1.807, 2.05) is 6.92 Å². The number of hydrogen-bond donors (Lipinski definition) is 1. The average Bonchev–Trinajstić information content (AvgIpc) is 2.63. The van der Waals surface area contributed by atoms with E-state index in [9.17, 15) is 4.79 Å². The molecule has 7 heteroatoms. The summed E-state index contributed by atoms with van der Waals surface area (Å²) in [5.41, 5.74) is 0. The SMILES string of the molecule is CCc1nnnn1CC(CC(=O)O)OC. The minimum absolute atomic E-state index is 0.0560. The molecule has 1 rings (SSSR count). The number of aromatic nitrogens is 4. The Morgan fingerprint density at radius 2 is 2.40 bits per heavy atom.